The van der Waals surface area contributed by atoms with Gasteiger partial charge in [-0.2, -0.15) is 0 Å². The second kappa shape index (κ2) is 11.7. The van der Waals surface area contributed by atoms with E-state index in [0.717, 1.165) is 16.7 Å². The van der Waals surface area contributed by atoms with Crippen molar-refractivity contribution in [2.75, 3.05) is 44.4 Å². The number of fused-ring (bicyclic) bond motifs is 1. The molecule has 2 aromatic rings. The highest BCUT2D eigenvalue weighted by atomic mass is 16.5. The summed E-state index contributed by atoms with van der Waals surface area (Å²) in [6, 6.07) is 8.80. The van der Waals surface area contributed by atoms with Gasteiger partial charge in [-0.3, -0.25) is 24.1 Å². The number of aryl methyl sites for hydroxylation is 2. The van der Waals surface area contributed by atoms with Gasteiger partial charge in [-0.05, 0) is 75.4 Å². The fourth-order valence-electron chi connectivity index (χ4n) is 4.81. The molecule has 1 fully saturated rings. The molecule has 1 unspecified atom stereocenters. The maximum atomic E-state index is 13.2. The van der Waals surface area contributed by atoms with Crippen molar-refractivity contribution in [2.45, 2.75) is 40.5 Å². The number of anilines is 1. The third kappa shape index (κ3) is 5.82. The van der Waals surface area contributed by atoms with Crippen molar-refractivity contribution in [3.8, 4) is 11.5 Å². The minimum atomic E-state index is -0.378. The predicted molar refractivity (Wildman–Crippen MR) is 141 cm³/mol. The Balaban J connectivity index is 1.48. The van der Waals surface area contributed by atoms with E-state index in [9.17, 15) is 19.2 Å². The first-order valence-electron chi connectivity index (χ1n) is 12.9. The van der Waals surface area contributed by atoms with Gasteiger partial charge in [0, 0.05) is 18.7 Å². The zero-order chi connectivity index (χ0) is 27.4. The van der Waals surface area contributed by atoms with Crippen molar-refractivity contribution in [1.82, 2.24) is 4.90 Å². The lowest BCUT2D eigenvalue weighted by atomic mass is 9.98. The van der Waals surface area contributed by atoms with Gasteiger partial charge in [-0.1, -0.05) is 12.1 Å². The summed E-state index contributed by atoms with van der Waals surface area (Å²) in [6.07, 6.45) is 1.35. The van der Waals surface area contributed by atoms with Crippen LogP contribution in [0.15, 0.2) is 30.3 Å². The molecule has 2 aliphatic heterocycles. The Hall–Kier alpha value is -3.88. The average Bonchev–Trinajstić information content (AvgIpc) is 2.92. The van der Waals surface area contributed by atoms with Crippen LogP contribution in [0.5, 0.6) is 11.5 Å². The first-order valence-corrected chi connectivity index (χ1v) is 12.9. The van der Waals surface area contributed by atoms with Crippen LogP contribution in [0.25, 0.3) is 0 Å². The van der Waals surface area contributed by atoms with Gasteiger partial charge in [0.05, 0.1) is 18.2 Å². The molecule has 38 heavy (non-hydrogen) atoms. The number of esters is 1. The highest BCUT2D eigenvalue weighted by Gasteiger charge is 2.33. The molecule has 0 radical (unpaired) electrons. The lowest BCUT2D eigenvalue weighted by molar-refractivity contribution is -0.151. The number of likely N-dealkylation sites (tertiary alicyclic amines) is 1. The summed E-state index contributed by atoms with van der Waals surface area (Å²) in [4.78, 5) is 54.1. The van der Waals surface area contributed by atoms with Gasteiger partial charge < -0.3 is 19.1 Å². The van der Waals surface area contributed by atoms with Gasteiger partial charge in [0.1, 0.15) is 18.0 Å². The molecular weight excluding hydrogens is 488 g/mol. The van der Waals surface area contributed by atoms with Gasteiger partial charge in [0.15, 0.2) is 19.0 Å². The fraction of sp³-hybridized carbons (Fsp3) is 0.448. The Morgan fingerprint density at radius 2 is 1.84 bits per heavy atom. The van der Waals surface area contributed by atoms with Crippen LogP contribution in [0, 0.1) is 26.7 Å². The van der Waals surface area contributed by atoms with Crippen LogP contribution >= 0.6 is 0 Å². The fourth-order valence-corrected chi connectivity index (χ4v) is 4.81. The number of piperidine rings is 1. The molecule has 9 nitrogen and oxygen atoms in total. The maximum absolute atomic E-state index is 13.2. The van der Waals surface area contributed by atoms with Crippen LogP contribution in [0.1, 0.15) is 46.8 Å². The summed E-state index contributed by atoms with van der Waals surface area (Å²) in [5.41, 5.74) is 3.71. The molecule has 2 heterocycles. The Morgan fingerprint density at radius 1 is 1.08 bits per heavy atom. The van der Waals surface area contributed by atoms with Gasteiger partial charge in [-0.25, -0.2) is 0 Å². The van der Waals surface area contributed by atoms with E-state index in [1.165, 1.54) is 4.90 Å². The summed E-state index contributed by atoms with van der Waals surface area (Å²) in [7, 11) is 0. The molecule has 0 aromatic heterocycles. The quantitative estimate of drug-likeness (QED) is 0.387. The number of carbonyl (C=O) groups is 4. The van der Waals surface area contributed by atoms with Gasteiger partial charge in [0.25, 0.3) is 5.91 Å². The van der Waals surface area contributed by atoms with Crippen LogP contribution in [0.3, 0.4) is 0 Å². The monoisotopic (exact) mass is 522 g/mol. The van der Waals surface area contributed by atoms with Crippen LogP contribution in [-0.4, -0.2) is 67.9 Å². The standard InChI is InChI=1S/C29H34N2O7/c1-5-36-29(35)22-7-6-12-30(14-22)26(33)15-31-23-13-21(10-11-25(23)37-17-27(31)34)24(32)16-38-28-19(3)9-8-18(2)20(28)4/h8-11,13,22H,5-7,12,14-17H2,1-4H3. The zero-order valence-corrected chi connectivity index (χ0v) is 22.4. The number of hydrogen-bond donors (Lipinski definition) is 0. The summed E-state index contributed by atoms with van der Waals surface area (Å²) < 4.78 is 16.6. The number of Topliss-reactive ketones (excluding diaryl/α,β-unsaturated/α-hetero) is 1. The third-order valence-corrected chi connectivity index (χ3v) is 7.13. The van der Waals surface area contributed by atoms with E-state index >= 15 is 0 Å². The summed E-state index contributed by atoms with van der Waals surface area (Å²) in [5, 5.41) is 0. The van der Waals surface area contributed by atoms with Crippen molar-refractivity contribution < 1.29 is 33.4 Å². The third-order valence-electron chi connectivity index (χ3n) is 7.13. The van der Waals surface area contributed by atoms with Crippen molar-refractivity contribution in [3.63, 3.8) is 0 Å². The van der Waals surface area contributed by atoms with E-state index in [1.807, 2.05) is 32.9 Å². The average molecular weight is 523 g/mol. The van der Waals surface area contributed by atoms with Gasteiger partial charge >= 0.3 is 5.97 Å². The highest BCUT2D eigenvalue weighted by molar-refractivity contribution is 6.04. The SMILES string of the molecule is CCOC(=O)C1CCCN(C(=O)CN2C(=O)COc3ccc(C(=O)COc4c(C)ccc(C)c4C)cc32)C1. The molecular formula is C29H34N2O7. The van der Waals surface area contributed by atoms with Crippen molar-refractivity contribution >= 4 is 29.3 Å². The Kier molecular flexibility index (Phi) is 8.34. The minimum absolute atomic E-state index is 0.166. The number of ketones is 1. The zero-order valence-electron chi connectivity index (χ0n) is 22.4. The molecule has 0 bridgehead atoms. The number of hydrogen-bond acceptors (Lipinski definition) is 7. The number of amides is 2. The largest absolute Gasteiger partial charge is 0.485 e. The smallest absolute Gasteiger partial charge is 0.310 e. The molecule has 1 atom stereocenters. The molecule has 4 rings (SSSR count). The highest BCUT2D eigenvalue weighted by Crippen LogP contribution is 2.34. The molecule has 0 spiro atoms. The Labute approximate surface area is 222 Å². The Bertz CT molecular complexity index is 1260. The summed E-state index contributed by atoms with van der Waals surface area (Å²) >= 11 is 0. The normalized spacial score (nSPS) is 16.9. The van der Waals surface area contributed by atoms with E-state index in [4.69, 9.17) is 14.2 Å². The molecule has 9 heteroatoms. The van der Waals surface area contributed by atoms with E-state index < -0.39 is 0 Å². The van der Waals surface area contributed by atoms with Crippen molar-refractivity contribution in [3.05, 3.63) is 52.6 Å². The molecule has 0 saturated carbocycles. The second-order valence-corrected chi connectivity index (χ2v) is 9.75. The summed E-state index contributed by atoms with van der Waals surface area (Å²) in [5.74, 6) is -0.481. The Morgan fingerprint density at radius 3 is 2.61 bits per heavy atom. The van der Waals surface area contributed by atoms with E-state index in [1.54, 1.807) is 30.0 Å². The topological polar surface area (TPSA) is 102 Å². The van der Waals surface area contributed by atoms with Crippen molar-refractivity contribution in [2.24, 2.45) is 5.92 Å². The molecule has 0 N–H and O–H groups in total. The molecule has 0 aliphatic carbocycles. The van der Waals surface area contributed by atoms with Crippen molar-refractivity contribution in [1.29, 1.82) is 0 Å². The number of benzene rings is 2. The first-order chi connectivity index (χ1) is 18.2. The van der Waals surface area contributed by atoms with Crippen LogP contribution < -0.4 is 14.4 Å². The lowest BCUT2D eigenvalue weighted by Gasteiger charge is -2.34. The lowest BCUT2D eigenvalue weighted by Crippen LogP contribution is -2.49. The van der Waals surface area contributed by atoms with E-state index in [0.29, 0.717) is 48.7 Å². The molecule has 1 saturated heterocycles. The molecule has 2 aliphatic rings. The minimum Gasteiger partial charge on any atom is -0.485 e. The first kappa shape index (κ1) is 27.2. The molecule has 2 aromatic carbocycles. The number of rotatable bonds is 8. The number of carbonyl (C=O) groups excluding carboxylic acids is 4. The second-order valence-electron chi connectivity index (χ2n) is 9.75. The molecule has 202 valence electrons. The summed E-state index contributed by atoms with van der Waals surface area (Å²) in [6.45, 7) is 8.11. The maximum Gasteiger partial charge on any atom is 0.310 e. The van der Waals surface area contributed by atoms with Crippen LogP contribution in [0.2, 0.25) is 0 Å². The van der Waals surface area contributed by atoms with Crippen LogP contribution in [-0.2, 0) is 19.1 Å². The van der Waals surface area contributed by atoms with Crippen LogP contribution in [0.4, 0.5) is 5.69 Å². The van der Waals surface area contributed by atoms with Gasteiger partial charge in [0.2, 0.25) is 5.91 Å². The van der Waals surface area contributed by atoms with Gasteiger partial charge in [-0.15, -0.1) is 0 Å². The molecule has 2 amide bonds. The number of ether oxygens (including phenoxy) is 3. The number of nitrogens with zero attached hydrogens (tertiary/aromatic N) is 2. The predicted octanol–water partition coefficient (Wildman–Crippen LogP) is 3.40. The van der Waals surface area contributed by atoms with E-state index in [-0.39, 0.29) is 55.8 Å². The van der Waals surface area contributed by atoms with E-state index in [2.05, 4.69) is 0 Å².